The van der Waals surface area contributed by atoms with Gasteiger partial charge < -0.3 is 34.5 Å². The number of halogens is 2. The summed E-state index contributed by atoms with van der Waals surface area (Å²) in [5, 5.41) is 36.8. The summed E-state index contributed by atoms with van der Waals surface area (Å²) in [6.45, 7) is 1.52. The van der Waals surface area contributed by atoms with Crippen molar-refractivity contribution in [1.29, 1.82) is 0 Å². The topological polar surface area (TPSA) is 144 Å². The Kier molecular flexibility index (Phi) is 12.8. The highest BCUT2D eigenvalue weighted by Gasteiger charge is 2.42. The second-order valence-corrected chi connectivity index (χ2v) is 14.5. The number of aromatic carboxylic acids is 1. The Morgan fingerprint density at radius 3 is 2.33 bits per heavy atom. The van der Waals surface area contributed by atoms with E-state index >= 15 is 0 Å². The van der Waals surface area contributed by atoms with Gasteiger partial charge in [-0.1, -0.05) is 59.6 Å². The first-order valence-electron chi connectivity index (χ1n) is 16.4. The second-order valence-electron chi connectivity index (χ2n) is 12.6. The van der Waals surface area contributed by atoms with Crippen LogP contribution in [0.4, 0.5) is 0 Å². The van der Waals surface area contributed by atoms with E-state index in [0.29, 0.717) is 43.4 Å². The van der Waals surface area contributed by atoms with Crippen molar-refractivity contribution in [3.8, 4) is 11.5 Å². The van der Waals surface area contributed by atoms with Gasteiger partial charge in [0.05, 0.1) is 27.4 Å². The van der Waals surface area contributed by atoms with Crippen LogP contribution in [0, 0.1) is 11.1 Å². The normalized spacial score (nSPS) is 15.6. The van der Waals surface area contributed by atoms with E-state index in [0.717, 1.165) is 37.3 Å². The molecule has 2 atom stereocenters. The molecule has 3 N–H and O–H groups in total. The zero-order valence-corrected chi connectivity index (χ0v) is 30.9. The molecule has 1 aliphatic heterocycles. The molecular formula is C37H41Cl2N3O8S. The monoisotopic (exact) mass is 757 g/mol. The van der Waals surface area contributed by atoms with E-state index in [2.05, 4.69) is 17.3 Å². The lowest BCUT2D eigenvalue weighted by atomic mass is 9.85. The number of esters is 1. The molecular weight excluding hydrogens is 717 g/mol. The van der Waals surface area contributed by atoms with Crippen LogP contribution in [-0.2, 0) is 28.0 Å². The molecule has 2 aromatic heterocycles. The Bertz CT molecular complexity index is 1810. The molecule has 14 heteroatoms. The molecule has 1 unspecified atom stereocenters. The van der Waals surface area contributed by atoms with E-state index in [4.69, 9.17) is 37.4 Å². The summed E-state index contributed by atoms with van der Waals surface area (Å²) in [5.74, 6) is -1.24. The predicted molar refractivity (Wildman–Crippen MR) is 195 cm³/mol. The molecule has 4 aromatic rings. The van der Waals surface area contributed by atoms with Crippen molar-refractivity contribution in [2.45, 2.75) is 37.3 Å². The lowest BCUT2D eigenvalue weighted by Gasteiger charge is -2.33. The van der Waals surface area contributed by atoms with E-state index in [1.54, 1.807) is 48.5 Å². The molecule has 2 aromatic carbocycles. The minimum atomic E-state index is -1.61. The minimum Gasteiger partial charge on any atom is -0.619 e. The van der Waals surface area contributed by atoms with Gasteiger partial charge in [-0.3, -0.25) is 5.32 Å². The van der Waals surface area contributed by atoms with Crippen LogP contribution >= 0.6 is 34.5 Å². The Morgan fingerprint density at radius 2 is 1.73 bits per heavy atom. The fourth-order valence-electron chi connectivity index (χ4n) is 6.39. The molecule has 0 amide bonds. The summed E-state index contributed by atoms with van der Waals surface area (Å²) in [4.78, 5) is 29.6. The first-order chi connectivity index (χ1) is 24.5. The quantitative estimate of drug-likeness (QED) is 0.0792. The largest absolute Gasteiger partial charge is 0.619 e. The van der Waals surface area contributed by atoms with Crippen molar-refractivity contribution in [3.05, 3.63) is 114 Å². The van der Waals surface area contributed by atoms with Gasteiger partial charge in [0.25, 0.3) is 0 Å². The first-order valence-corrected chi connectivity index (χ1v) is 18.0. The van der Waals surface area contributed by atoms with Gasteiger partial charge in [0.15, 0.2) is 29.4 Å². The van der Waals surface area contributed by atoms with E-state index < -0.39 is 30.0 Å². The van der Waals surface area contributed by atoms with Gasteiger partial charge >= 0.3 is 11.9 Å². The van der Waals surface area contributed by atoms with Crippen LogP contribution in [0.5, 0.6) is 11.5 Å². The van der Waals surface area contributed by atoms with E-state index in [-0.39, 0.29) is 40.4 Å². The van der Waals surface area contributed by atoms with Gasteiger partial charge in [-0.15, -0.1) is 11.3 Å². The molecule has 5 rings (SSSR count). The number of carboxylic acid groups (broad SMARTS) is 1. The number of pyridine rings is 1. The van der Waals surface area contributed by atoms with Crippen LogP contribution in [0.3, 0.4) is 0 Å². The zero-order valence-electron chi connectivity index (χ0n) is 28.6. The van der Waals surface area contributed by atoms with Crippen molar-refractivity contribution in [3.63, 3.8) is 0 Å². The molecule has 3 heterocycles. The number of carboxylic acids is 1. The number of ether oxygens (including phenoxy) is 3. The number of aliphatic hydroxyl groups excluding tert-OH is 1. The predicted octanol–water partition coefficient (Wildman–Crippen LogP) is 5.64. The molecule has 0 saturated carbocycles. The van der Waals surface area contributed by atoms with Crippen LogP contribution in [0.1, 0.15) is 55.6 Å². The van der Waals surface area contributed by atoms with Crippen LogP contribution in [-0.4, -0.2) is 74.6 Å². The molecule has 0 radical (unpaired) electrons. The van der Waals surface area contributed by atoms with E-state index in [9.17, 15) is 25.0 Å². The van der Waals surface area contributed by atoms with Gasteiger partial charge in [-0.05, 0) is 80.2 Å². The number of nitrogens with one attached hydrogen (secondary N) is 1. The molecule has 0 spiro atoms. The van der Waals surface area contributed by atoms with Crippen LogP contribution < -0.4 is 19.5 Å². The fourth-order valence-corrected chi connectivity index (χ4v) is 7.99. The highest BCUT2D eigenvalue weighted by atomic mass is 35.5. The lowest BCUT2D eigenvalue weighted by molar-refractivity contribution is -0.605. The van der Waals surface area contributed by atoms with Gasteiger partial charge in [-0.25, -0.2) is 9.59 Å². The van der Waals surface area contributed by atoms with E-state index in [1.165, 1.54) is 26.6 Å². The Balaban J connectivity index is 1.51. The number of rotatable bonds is 15. The lowest BCUT2D eigenvalue weighted by Crippen LogP contribution is -2.53. The number of thiophene rings is 1. The average molecular weight is 759 g/mol. The average Bonchev–Trinajstić information content (AvgIpc) is 3.56. The van der Waals surface area contributed by atoms with Crippen molar-refractivity contribution < 1.29 is 38.7 Å². The van der Waals surface area contributed by atoms with Crippen molar-refractivity contribution in [2.75, 3.05) is 47.6 Å². The standard InChI is InChI=1S/C37H41Cl2N3O8S/c1-41-13-11-23(12-14-41)21-50-36(46)37(22-43,25-7-5-4-6-8-25)40-18-26-16-28(34(51-26)35(44)45)27(17-29-30(38)19-42(47)20-31(29)39)24-9-10-32(48-2)33(15-24)49-3/h4-10,15-16,19-20,23,27,40,43H,11-14,17-18,21-22H2,1-3H3,(H,44,45)/t27-,37?/m0/s1. The smallest absolute Gasteiger partial charge is 0.346 e. The number of aliphatic hydroxyl groups is 1. The van der Waals surface area contributed by atoms with Gasteiger partial charge in [0.2, 0.25) is 0 Å². The molecule has 1 saturated heterocycles. The molecule has 272 valence electrons. The van der Waals surface area contributed by atoms with Gasteiger partial charge in [0, 0.05) is 22.9 Å². The fraction of sp³-hybridized carbons (Fsp3) is 0.378. The SMILES string of the molecule is COc1ccc([C@H](Cc2c(Cl)c[n+]([O-])cc2Cl)c2cc(CNC(CO)(C(=O)OCC3CCN(C)CC3)c3ccccc3)sc2C(=O)O)cc1OC. The number of piperidine rings is 1. The Labute approximate surface area is 310 Å². The number of aromatic nitrogens is 1. The molecule has 11 nitrogen and oxygen atoms in total. The minimum absolute atomic E-state index is 0.0331. The summed E-state index contributed by atoms with van der Waals surface area (Å²) >= 11 is 14.1. The number of hydrogen-bond acceptors (Lipinski definition) is 10. The van der Waals surface area contributed by atoms with Crippen LogP contribution in [0.25, 0.3) is 0 Å². The third kappa shape index (κ3) is 8.77. The third-order valence-electron chi connectivity index (χ3n) is 9.36. The Morgan fingerprint density at radius 1 is 1.06 bits per heavy atom. The number of carbonyl (C=O) groups excluding carboxylic acids is 1. The summed E-state index contributed by atoms with van der Waals surface area (Å²) in [5.41, 5.74) is 0.514. The maximum atomic E-state index is 13.9. The molecule has 51 heavy (non-hydrogen) atoms. The number of hydrogen-bond donors (Lipinski definition) is 3. The molecule has 0 aliphatic carbocycles. The van der Waals surface area contributed by atoms with Gasteiger partial charge in [-0.2, -0.15) is 4.73 Å². The summed E-state index contributed by atoms with van der Waals surface area (Å²) in [7, 11) is 5.09. The summed E-state index contributed by atoms with van der Waals surface area (Å²) in [6, 6.07) is 15.9. The van der Waals surface area contributed by atoms with Crippen molar-refractivity contribution >= 4 is 46.5 Å². The van der Waals surface area contributed by atoms with E-state index in [1.807, 2.05) is 6.07 Å². The highest BCUT2D eigenvalue weighted by molar-refractivity contribution is 7.14. The third-order valence-corrected chi connectivity index (χ3v) is 11.2. The summed E-state index contributed by atoms with van der Waals surface area (Å²) < 4.78 is 17.4. The number of methoxy groups -OCH3 is 2. The molecule has 1 aliphatic rings. The number of carbonyl (C=O) groups is 2. The Hall–Kier alpha value is -3.91. The van der Waals surface area contributed by atoms with Crippen molar-refractivity contribution in [1.82, 2.24) is 10.2 Å². The second kappa shape index (κ2) is 17.1. The van der Waals surface area contributed by atoms with Crippen LogP contribution in [0.2, 0.25) is 10.0 Å². The van der Waals surface area contributed by atoms with Crippen molar-refractivity contribution in [2.24, 2.45) is 5.92 Å². The zero-order chi connectivity index (χ0) is 36.7. The highest BCUT2D eigenvalue weighted by Crippen LogP contribution is 2.41. The number of nitrogens with zero attached hydrogens (tertiary/aromatic N) is 2. The number of benzene rings is 2. The molecule has 0 bridgehead atoms. The molecule has 1 fully saturated rings. The number of likely N-dealkylation sites (tertiary alicyclic amines) is 1. The maximum absolute atomic E-state index is 13.9. The van der Waals surface area contributed by atoms with Crippen LogP contribution in [0.15, 0.2) is 67.0 Å². The summed E-state index contributed by atoms with van der Waals surface area (Å²) in [6.07, 6.45) is 4.34. The van der Waals surface area contributed by atoms with Gasteiger partial charge in [0.1, 0.15) is 14.9 Å². The maximum Gasteiger partial charge on any atom is 0.346 e. The first kappa shape index (κ1) is 38.3.